The predicted octanol–water partition coefficient (Wildman–Crippen LogP) is 3.64. The summed E-state index contributed by atoms with van der Waals surface area (Å²) in [4.78, 5) is 21.0. The Bertz CT molecular complexity index is 657. The summed E-state index contributed by atoms with van der Waals surface area (Å²) < 4.78 is 5.49. The number of halogens is 1. The van der Waals surface area contributed by atoms with Gasteiger partial charge in [-0.2, -0.15) is 0 Å². The van der Waals surface area contributed by atoms with Gasteiger partial charge in [-0.3, -0.25) is 14.9 Å². The number of carbonyl (C=O) groups excluding carboxylic acids is 1. The topological polar surface area (TPSA) is 69.4 Å². The van der Waals surface area contributed by atoms with E-state index >= 15 is 0 Å². The molecule has 0 aliphatic heterocycles. The summed E-state index contributed by atoms with van der Waals surface area (Å²) in [6.07, 6.45) is 0.528. The highest BCUT2D eigenvalue weighted by atomic mass is 35.5. The van der Waals surface area contributed by atoms with Crippen LogP contribution in [-0.2, 0) is 6.61 Å². The van der Waals surface area contributed by atoms with Crippen LogP contribution in [0.1, 0.15) is 15.9 Å². The van der Waals surface area contributed by atoms with E-state index in [1.807, 2.05) is 6.07 Å². The first-order valence-electron chi connectivity index (χ1n) is 5.71. The van der Waals surface area contributed by atoms with E-state index < -0.39 is 4.92 Å². The molecule has 2 rings (SSSR count). The maximum Gasteiger partial charge on any atom is 0.270 e. The molecule has 2 aromatic carbocycles. The fourth-order valence-corrected chi connectivity index (χ4v) is 1.87. The van der Waals surface area contributed by atoms with Crippen molar-refractivity contribution in [1.82, 2.24) is 0 Å². The van der Waals surface area contributed by atoms with Crippen LogP contribution in [0.3, 0.4) is 0 Å². The largest absolute Gasteiger partial charge is 0.488 e. The molecule has 0 N–H and O–H groups in total. The first-order chi connectivity index (χ1) is 9.60. The van der Waals surface area contributed by atoms with Crippen molar-refractivity contribution in [2.75, 3.05) is 0 Å². The van der Waals surface area contributed by atoms with E-state index in [-0.39, 0.29) is 17.9 Å². The van der Waals surface area contributed by atoms with Crippen molar-refractivity contribution in [1.29, 1.82) is 0 Å². The van der Waals surface area contributed by atoms with Crippen molar-refractivity contribution in [3.05, 3.63) is 68.7 Å². The highest BCUT2D eigenvalue weighted by Gasteiger charge is 2.11. The quantitative estimate of drug-likeness (QED) is 0.479. The molecule has 2 aromatic rings. The molecule has 0 saturated heterocycles. The van der Waals surface area contributed by atoms with E-state index in [0.717, 1.165) is 5.56 Å². The van der Waals surface area contributed by atoms with Gasteiger partial charge in [0.05, 0.1) is 10.5 Å². The Morgan fingerprint density at radius 1 is 1.25 bits per heavy atom. The van der Waals surface area contributed by atoms with Crippen LogP contribution in [0.5, 0.6) is 5.75 Å². The lowest BCUT2D eigenvalue weighted by Crippen LogP contribution is -1.99. The maximum atomic E-state index is 10.9. The van der Waals surface area contributed by atoms with Crippen molar-refractivity contribution < 1.29 is 14.5 Å². The molecule has 0 unspecified atom stereocenters. The third kappa shape index (κ3) is 3.33. The Morgan fingerprint density at radius 3 is 2.70 bits per heavy atom. The Labute approximate surface area is 119 Å². The van der Waals surface area contributed by atoms with Crippen molar-refractivity contribution in [3.63, 3.8) is 0 Å². The Morgan fingerprint density at radius 2 is 2.05 bits per heavy atom. The smallest absolute Gasteiger partial charge is 0.270 e. The van der Waals surface area contributed by atoms with Gasteiger partial charge in [0, 0.05) is 17.2 Å². The Kier molecular flexibility index (Phi) is 4.32. The summed E-state index contributed by atoms with van der Waals surface area (Å²) in [7, 11) is 0. The minimum absolute atomic E-state index is 0.140. The Hall–Kier alpha value is -2.40. The number of hydrogen-bond acceptors (Lipinski definition) is 4. The summed E-state index contributed by atoms with van der Waals surface area (Å²) in [6.45, 7) is 0.221. The second kappa shape index (κ2) is 6.16. The minimum Gasteiger partial charge on any atom is -0.488 e. The number of nitrogens with zero attached hydrogens (tertiary/aromatic N) is 1. The van der Waals surface area contributed by atoms with E-state index in [0.29, 0.717) is 17.1 Å². The lowest BCUT2D eigenvalue weighted by molar-refractivity contribution is -0.384. The fourth-order valence-electron chi connectivity index (χ4n) is 1.66. The van der Waals surface area contributed by atoms with Crippen molar-refractivity contribution >= 4 is 23.6 Å². The first-order valence-corrected chi connectivity index (χ1v) is 6.09. The molecular formula is C14H10ClNO4. The van der Waals surface area contributed by atoms with E-state index in [4.69, 9.17) is 16.3 Å². The molecule has 0 amide bonds. The molecule has 0 radical (unpaired) electrons. The zero-order valence-corrected chi connectivity index (χ0v) is 11.0. The molecule has 0 atom stereocenters. The van der Waals surface area contributed by atoms with Gasteiger partial charge < -0.3 is 4.74 Å². The van der Waals surface area contributed by atoms with E-state index in [9.17, 15) is 14.9 Å². The zero-order chi connectivity index (χ0) is 14.5. The molecule has 0 aromatic heterocycles. The van der Waals surface area contributed by atoms with Crippen molar-refractivity contribution in [2.45, 2.75) is 6.61 Å². The van der Waals surface area contributed by atoms with Gasteiger partial charge in [-0.1, -0.05) is 23.7 Å². The van der Waals surface area contributed by atoms with Crippen LogP contribution >= 0.6 is 11.6 Å². The second-order valence-corrected chi connectivity index (χ2v) is 4.45. The molecule has 0 aliphatic rings. The number of nitro benzene ring substituents is 1. The molecule has 0 saturated carbocycles. The molecule has 6 heteroatoms. The number of hydrogen-bond donors (Lipinski definition) is 0. The lowest BCUT2D eigenvalue weighted by atomic mass is 10.2. The highest BCUT2D eigenvalue weighted by Crippen LogP contribution is 2.24. The summed E-state index contributed by atoms with van der Waals surface area (Å²) in [5, 5.41) is 11.2. The van der Waals surface area contributed by atoms with Crippen LogP contribution in [0.25, 0.3) is 0 Å². The summed E-state index contributed by atoms with van der Waals surface area (Å²) in [5.41, 5.74) is 0.830. The Balaban J connectivity index is 2.17. The second-order valence-electron chi connectivity index (χ2n) is 4.02. The SMILES string of the molecule is O=Cc1cc([N+](=O)[O-])ccc1OCc1cccc(Cl)c1. The van der Waals surface area contributed by atoms with Crippen LogP contribution in [0.15, 0.2) is 42.5 Å². The summed E-state index contributed by atoms with van der Waals surface area (Å²) in [6, 6.07) is 11.0. The average molecular weight is 292 g/mol. The number of aldehydes is 1. The standard InChI is InChI=1S/C14H10ClNO4/c15-12-3-1-2-10(6-12)9-20-14-5-4-13(16(18)19)7-11(14)8-17/h1-8H,9H2. The molecule has 20 heavy (non-hydrogen) atoms. The zero-order valence-electron chi connectivity index (χ0n) is 10.3. The van der Waals surface area contributed by atoms with Gasteiger partial charge in [-0.05, 0) is 23.8 Å². The number of carbonyl (C=O) groups is 1. The van der Waals surface area contributed by atoms with Crippen LogP contribution in [0.4, 0.5) is 5.69 Å². The molecular weight excluding hydrogens is 282 g/mol. The van der Waals surface area contributed by atoms with Gasteiger partial charge in [0.2, 0.25) is 0 Å². The van der Waals surface area contributed by atoms with Gasteiger partial charge in [0.25, 0.3) is 5.69 Å². The van der Waals surface area contributed by atoms with Crippen LogP contribution < -0.4 is 4.74 Å². The predicted molar refractivity (Wildman–Crippen MR) is 74.3 cm³/mol. The normalized spacial score (nSPS) is 10.1. The highest BCUT2D eigenvalue weighted by molar-refractivity contribution is 6.30. The van der Waals surface area contributed by atoms with Gasteiger partial charge in [0.15, 0.2) is 6.29 Å². The summed E-state index contributed by atoms with van der Waals surface area (Å²) >= 11 is 5.85. The fraction of sp³-hybridized carbons (Fsp3) is 0.0714. The number of ether oxygens (including phenoxy) is 1. The van der Waals surface area contributed by atoms with E-state index in [1.54, 1.807) is 18.2 Å². The third-order valence-electron chi connectivity index (χ3n) is 2.61. The third-order valence-corrected chi connectivity index (χ3v) is 2.85. The molecule has 0 fully saturated rings. The van der Waals surface area contributed by atoms with Gasteiger partial charge in [-0.15, -0.1) is 0 Å². The van der Waals surface area contributed by atoms with E-state index in [2.05, 4.69) is 0 Å². The number of non-ortho nitro benzene ring substituents is 1. The van der Waals surface area contributed by atoms with Gasteiger partial charge >= 0.3 is 0 Å². The van der Waals surface area contributed by atoms with Gasteiger partial charge in [0.1, 0.15) is 12.4 Å². The minimum atomic E-state index is -0.562. The molecule has 5 nitrogen and oxygen atoms in total. The molecule has 0 spiro atoms. The molecule has 0 bridgehead atoms. The van der Waals surface area contributed by atoms with Crippen molar-refractivity contribution in [3.8, 4) is 5.75 Å². The summed E-state index contributed by atoms with van der Waals surface area (Å²) in [5.74, 6) is 0.297. The molecule has 102 valence electrons. The maximum absolute atomic E-state index is 10.9. The monoisotopic (exact) mass is 291 g/mol. The average Bonchev–Trinajstić information content (AvgIpc) is 2.45. The lowest BCUT2D eigenvalue weighted by Gasteiger charge is -2.08. The first kappa shape index (κ1) is 14.0. The van der Waals surface area contributed by atoms with Crippen molar-refractivity contribution in [2.24, 2.45) is 0 Å². The van der Waals surface area contributed by atoms with Crippen LogP contribution in [0, 0.1) is 10.1 Å². The number of nitro groups is 1. The molecule has 0 heterocycles. The van der Waals surface area contributed by atoms with Crippen LogP contribution in [-0.4, -0.2) is 11.2 Å². The number of rotatable bonds is 5. The van der Waals surface area contributed by atoms with Gasteiger partial charge in [-0.25, -0.2) is 0 Å². The van der Waals surface area contributed by atoms with E-state index in [1.165, 1.54) is 18.2 Å². The van der Waals surface area contributed by atoms with Crippen LogP contribution in [0.2, 0.25) is 5.02 Å². The number of benzene rings is 2. The molecule has 0 aliphatic carbocycles.